The Morgan fingerprint density at radius 1 is 1.60 bits per heavy atom. The lowest BCUT2D eigenvalue weighted by atomic mass is 10.2. The molecule has 0 aliphatic carbocycles. The minimum atomic E-state index is -0.00848. The van der Waals surface area contributed by atoms with Crippen molar-refractivity contribution in [2.24, 2.45) is 5.73 Å². The summed E-state index contributed by atoms with van der Waals surface area (Å²) in [5, 5.41) is 0. The Morgan fingerprint density at radius 2 is 2.27 bits per heavy atom. The predicted molar refractivity (Wildman–Crippen MR) is 72.9 cm³/mol. The molecular formula is C10H12BrIN2O. The van der Waals surface area contributed by atoms with Gasteiger partial charge in [0.25, 0.3) is 5.91 Å². The van der Waals surface area contributed by atoms with E-state index in [1.54, 1.807) is 11.9 Å². The van der Waals surface area contributed by atoms with Crippen molar-refractivity contribution in [1.82, 2.24) is 4.90 Å². The predicted octanol–water partition coefficient (Wildman–Crippen LogP) is 2.08. The minimum Gasteiger partial charge on any atom is -0.340 e. The number of rotatable bonds is 3. The van der Waals surface area contributed by atoms with Gasteiger partial charge in [0.1, 0.15) is 0 Å². The molecule has 0 unspecified atom stereocenters. The zero-order valence-electron chi connectivity index (χ0n) is 8.34. The Balaban J connectivity index is 2.95. The molecule has 0 heterocycles. The first-order chi connectivity index (χ1) is 7.06. The van der Waals surface area contributed by atoms with E-state index in [0.29, 0.717) is 18.7 Å². The van der Waals surface area contributed by atoms with Crippen molar-refractivity contribution in [3.63, 3.8) is 0 Å². The highest BCUT2D eigenvalue weighted by molar-refractivity contribution is 14.1. The Hall–Kier alpha value is -0.140. The summed E-state index contributed by atoms with van der Waals surface area (Å²) in [4.78, 5) is 13.6. The first-order valence-electron chi connectivity index (χ1n) is 4.47. The second-order valence-electron chi connectivity index (χ2n) is 3.14. The van der Waals surface area contributed by atoms with Crippen molar-refractivity contribution in [2.45, 2.75) is 0 Å². The molecule has 3 nitrogen and oxygen atoms in total. The van der Waals surface area contributed by atoms with Gasteiger partial charge in [-0.25, -0.2) is 0 Å². The molecule has 0 aliphatic heterocycles. The molecule has 0 radical (unpaired) electrons. The molecule has 15 heavy (non-hydrogen) atoms. The number of nitrogens with zero attached hydrogens (tertiary/aromatic N) is 1. The summed E-state index contributed by atoms with van der Waals surface area (Å²) in [5.41, 5.74) is 6.08. The quantitative estimate of drug-likeness (QED) is 0.813. The molecule has 1 rings (SSSR count). The third-order valence-corrected chi connectivity index (χ3v) is 3.33. The molecule has 0 fully saturated rings. The maximum atomic E-state index is 11.9. The van der Waals surface area contributed by atoms with Gasteiger partial charge < -0.3 is 10.6 Å². The van der Waals surface area contributed by atoms with Gasteiger partial charge >= 0.3 is 0 Å². The van der Waals surface area contributed by atoms with Crippen LogP contribution < -0.4 is 5.73 Å². The fourth-order valence-electron chi connectivity index (χ4n) is 1.16. The standard InChI is InChI=1S/C10H12BrIN2O/c1-14(5-4-13)10(15)8-6-7(12)2-3-9(8)11/h2-3,6H,4-5,13H2,1H3. The van der Waals surface area contributed by atoms with Crippen molar-refractivity contribution < 1.29 is 4.79 Å². The van der Waals surface area contributed by atoms with Crippen LogP contribution in [0.3, 0.4) is 0 Å². The Bertz CT molecular complexity index is 370. The maximum absolute atomic E-state index is 11.9. The van der Waals surface area contributed by atoms with Gasteiger partial charge in [-0.05, 0) is 56.7 Å². The van der Waals surface area contributed by atoms with Crippen LogP contribution in [-0.2, 0) is 0 Å². The van der Waals surface area contributed by atoms with E-state index in [1.807, 2.05) is 18.2 Å². The molecule has 0 saturated carbocycles. The van der Waals surface area contributed by atoms with Gasteiger partial charge in [-0.3, -0.25) is 4.79 Å². The van der Waals surface area contributed by atoms with Gasteiger partial charge in [0.2, 0.25) is 0 Å². The number of amides is 1. The molecule has 1 aromatic carbocycles. The summed E-state index contributed by atoms with van der Waals surface area (Å²) in [7, 11) is 1.75. The molecule has 0 spiro atoms. The van der Waals surface area contributed by atoms with Gasteiger partial charge in [-0.15, -0.1) is 0 Å². The van der Waals surface area contributed by atoms with Crippen LogP contribution >= 0.6 is 38.5 Å². The highest BCUT2D eigenvalue weighted by Gasteiger charge is 2.14. The van der Waals surface area contributed by atoms with Crippen LogP contribution in [0, 0.1) is 3.57 Å². The lowest BCUT2D eigenvalue weighted by Crippen LogP contribution is -2.31. The first-order valence-corrected chi connectivity index (χ1v) is 6.34. The lowest BCUT2D eigenvalue weighted by molar-refractivity contribution is 0.0798. The Morgan fingerprint density at radius 3 is 2.87 bits per heavy atom. The van der Waals surface area contributed by atoms with Gasteiger partial charge in [-0.1, -0.05) is 0 Å². The number of carbonyl (C=O) groups excluding carboxylic acids is 1. The van der Waals surface area contributed by atoms with E-state index >= 15 is 0 Å². The third-order valence-electron chi connectivity index (χ3n) is 1.97. The highest BCUT2D eigenvalue weighted by Crippen LogP contribution is 2.20. The molecule has 0 atom stereocenters. The van der Waals surface area contributed by atoms with E-state index in [4.69, 9.17) is 5.73 Å². The number of likely N-dealkylation sites (N-methyl/N-ethyl adjacent to an activating group) is 1. The van der Waals surface area contributed by atoms with Gasteiger partial charge in [0.05, 0.1) is 5.56 Å². The van der Waals surface area contributed by atoms with Crippen LogP contribution in [0.15, 0.2) is 22.7 Å². The summed E-state index contributed by atoms with van der Waals surface area (Å²) in [6, 6.07) is 5.69. The van der Waals surface area contributed by atoms with Crippen LogP contribution in [0.1, 0.15) is 10.4 Å². The Labute approximate surface area is 111 Å². The average Bonchev–Trinajstić information content (AvgIpc) is 2.21. The molecule has 5 heteroatoms. The van der Waals surface area contributed by atoms with Crippen molar-refractivity contribution in [2.75, 3.05) is 20.1 Å². The molecular weight excluding hydrogens is 371 g/mol. The second-order valence-corrected chi connectivity index (χ2v) is 5.24. The lowest BCUT2D eigenvalue weighted by Gasteiger charge is -2.16. The molecule has 0 saturated heterocycles. The van der Waals surface area contributed by atoms with Crippen molar-refractivity contribution in [3.8, 4) is 0 Å². The van der Waals surface area contributed by atoms with E-state index in [2.05, 4.69) is 38.5 Å². The summed E-state index contributed by atoms with van der Waals surface area (Å²) in [5.74, 6) is -0.00848. The first kappa shape index (κ1) is 12.9. The fourth-order valence-corrected chi connectivity index (χ4v) is 2.07. The van der Waals surface area contributed by atoms with Crippen LogP contribution in [0.5, 0.6) is 0 Å². The average molecular weight is 383 g/mol. The number of hydrogen-bond acceptors (Lipinski definition) is 2. The molecule has 0 aromatic heterocycles. The van der Waals surface area contributed by atoms with Crippen LogP contribution in [0.2, 0.25) is 0 Å². The van der Waals surface area contributed by atoms with Crippen molar-refractivity contribution >= 4 is 44.4 Å². The zero-order chi connectivity index (χ0) is 11.4. The number of hydrogen-bond donors (Lipinski definition) is 1. The largest absolute Gasteiger partial charge is 0.340 e. The second kappa shape index (κ2) is 5.81. The van der Waals surface area contributed by atoms with Crippen LogP contribution in [-0.4, -0.2) is 30.9 Å². The van der Waals surface area contributed by atoms with Crippen LogP contribution in [0.4, 0.5) is 0 Å². The number of nitrogens with two attached hydrogens (primary N) is 1. The summed E-state index contributed by atoms with van der Waals surface area (Å²) < 4.78 is 1.86. The van der Waals surface area contributed by atoms with E-state index in [1.165, 1.54) is 0 Å². The molecule has 1 amide bonds. The van der Waals surface area contributed by atoms with Crippen molar-refractivity contribution in [3.05, 3.63) is 31.8 Å². The number of halogens is 2. The normalized spacial score (nSPS) is 10.1. The molecule has 82 valence electrons. The monoisotopic (exact) mass is 382 g/mol. The maximum Gasteiger partial charge on any atom is 0.254 e. The zero-order valence-corrected chi connectivity index (χ0v) is 12.1. The summed E-state index contributed by atoms with van der Waals surface area (Å²) in [6.45, 7) is 1.04. The third kappa shape index (κ3) is 3.42. The van der Waals surface area contributed by atoms with E-state index in [0.717, 1.165) is 8.04 Å². The van der Waals surface area contributed by atoms with Gasteiger partial charge in [0.15, 0.2) is 0 Å². The Kier molecular flexibility index (Phi) is 5.01. The summed E-state index contributed by atoms with van der Waals surface area (Å²) >= 11 is 5.55. The van der Waals surface area contributed by atoms with Gasteiger partial charge in [0, 0.05) is 28.2 Å². The summed E-state index contributed by atoms with van der Waals surface area (Å²) in [6.07, 6.45) is 0. The molecule has 0 aliphatic rings. The smallest absolute Gasteiger partial charge is 0.254 e. The van der Waals surface area contributed by atoms with E-state index < -0.39 is 0 Å². The molecule has 2 N–H and O–H groups in total. The fraction of sp³-hybridized carbons (Fsp3) is 0.300. The van der Waals surface area contributed by atoms with E-state index in [-0.39, 0.29) is 5.91 Å². The number of carbonyl (C=O) groups is 1. The minimum absolute atomic E-state index is 0.00848. The molecule has 0 bridgehead atoms. The van der Waals surface area contributed by atoms with Crippen LogP contribution in [0.25, 0.3) is 0 Å². The number of benzene rings is 1. The SMILES string of the molecule is CN(CCN)C(=O)c1cc(I)ccc1Br. The van der Waals surface area contributed by atoms with Gasteiger partial charge in [-0.2, -0.15) is 0 Å². The molecule has 1 aromatic rings. The highest BCUT2D eigenvalue weighted by atomic mass is 127. The topological polar surface area (TPSA) is 46.3 Å². The van der Waals surface area contributed by atoms with E-state index in [9.17, 15) is 4.79 Å². The van der Waals surface area contributed by atoms with Crippen molar-refractivity contribution in [1.29, 1.82) is 0 Å².